The highest BCUT2D eigenvalue weighted by atomic mass is 16.5. The molecule has 3 rings (SSSR count). The number of morpholine rings is 1. The number of urea groups is 1. The molecule has 1 aromatic carbocycles. The van der Waals surface area contributed by atoms with Crippen molar-refractivity contribution >= 4 is 29.2 Å². The average molecular weight is 318 g/mol. The van der Waals surface area contributed by atoms with Crippen LogP contribution in [0.2, 0.25) is 0 Å². The van der Waals surface area contributed by atoms with Crippen LogP contribution in [0.5, 0.6) is 0 Å². The van der Waals surface area contributed by atoms with Crippen molar-refractivity contribution in [1.82, 2.24) is 10.2 Å². The molecule has 2 fully saturated rings. The zero-order chi connectivity index (χ0) is 16.2. The summed E-state index contributed by atoms with van der Waals surface area (Å²) >= 11 is 0. The van der Waals surface area contributed by atoms with Gasteiger partial charge in [-0.15, -0.1) is 0 Å². The summed E-state index contributed by atoms with van der Waals surface area (Å²) < 4.78 is 5.34. The van der Waals surface area contributed by atoms with Crippen LogP contribution in [0, 0.1) is 0 Å². The minimum absolute atomic E-state index is 0.0590. The lowest BCUT2D eigenvalue weighted by Gasteiger charge is -2.30. The average Bonchev–Trinajstić information content (AvgIpc) is 2.88. The molecule has 1 aromatic rings. The second-order valence-electron chi connectivity index (χ2n) is 5.30. The van der Waals surface area contributed by atoms with Crippen molar-refractivity contribution in [2.75, 3.05) is 49.6 Å². The molecular formula is C15H18N4O4. The van der Waals surface area contributed by atoms with Gasteiger partial charge >= 0.3 is 6.03 Å². The van der Waals surface area contributed by atoms with E-state index in [4.69, 9.17) is 4.74 Å². The van der Waals surface area contributed by atoms with E-state index in [-0.39, 0.29) is 13.1 Å². The molecule has 0 saturated carbocycles. The molecular weight excluding hydrogens is 300 g/mol. The van der Waals surface area contributed by atoms with E-state index in [1.165, 1.54) is 0 Å². The van der Waals surface area contributed by atoms with Gasteiger partial charge < -0.3 is 20.3 Å². The predicted octanol–water partition coefficient (Wildman–Crippen LogP) is 0.0135. The molecule has 2 N–H and O–H groups in total. The van der Waals surface area contributed by atoms with Crippen LogP contribution in [0.3, 0.4) is 0 Å². The topological polar surface area (TPSA) is 91.0 Å². The summed E-state index contributed by atoms with van der Waals surface area (Å²) in [5.41, 5.74) is 1.56. The third kappa shape index (κ3) is 3.42. The van der Waals surface area contributed by atoms with Gasteiger partial charge in [-0.1, -0.05) is 12.1 Å². The zero-order valence-electron chi connectivity index (χ0n) is 12.6. The summed E-state index contributed by atoms with van der Waals surface area (Å²) in [6.07, 6.45) is 0. The number of nitrogens with one attached hydrogen (secondary N) is 2. The summed E-state index contributed by atoms with van der Waals surface area (Å²) in [6, 6.07) is 6.92. The number of ether oxygens (including phenoxy) is 1. The Morgan fingerprint density at radius 1 is 1.22 bits per heavy atom. The van der Waals surface area contributed by atoms with Crippen LogP contribution in [0.1, 0.15) is 0 Å². The van der Waals surface area contributed by atoms with Gasteiger partial charge in [0, 0.05) is 13.1 Å². The molecule has 0 aliphatic carbocycles. The first-order valence-electron chi connectivity index (χ1n) is 7.45. The molecule has 23 heavy (non-hydrogen) atoms. The van der Waals surface area contributed by atoms with Gasteiger partial charge in [-0.2, -0.15) is 0 Å². The van der Waals surface area contributed by atoms with Gasteiger partial charge in [0.05, 0.1) is 31.1 Å². The zero-order valence-corrected chi connectivity index (χ0v) is 12.6. The Morgan fingerprint density at radius 3 is 2.65 bits per heavy atom. The number of carbonyl (C=O) groups excluding carboxylic acids is 3. The van der Waals surface area contributed by atoms with E-state index in [1.54, 1.807) is 6.07 Å². The van der Waals surface area contributed by atoms with Crippen LogP contribution in [-0.2, 0) is 14.3 Å². The third-order valence-electron chi connectivity index (χ3n) is 3.77. The fourth-order valence-corrected chi connectivity index (χ4v) is 2.61. The smallest absolute Gasteiger partial charge is 0.325 e. The van der Waals surface area contributed by atoms with Crippen LogP contribution in [0.25, 0.3) is 0 Å². The fraction of sp³-hybridized carbons (Fsp3) is 0.400. The van der Waals surface area contributed by atoms with Gasteiger partial charge in [-0.05, 0) is 12.1 Å². The number of rotatable bonds is 4. The Balaban J connectivity index is 1.68. The monoisotopic (exact) mass is 318 g/mol. The van der Waals surface area contributed by atoms with Crippen LogP contribution in [0.4, 0.5) is 16.2 Å². The Bertz CT molecular complexity index is 612. The van der Waals surface area contributed by atoms with Crippen molar-refractivity contribution in [3.05, 3.63) is 24.3 Å². The Labute approximate surface area is 133 Å². The quantitative estimate of drug-likeness (QED) is 0.764. The maximum absolute atomic E-state index is 12.2. The van der Waals surface area contributed by atoms with Gasteiger partial charge in [0.1, 0.15) is 6.54 Å². The van der Waals surface area contributed by atoms with Gasteiger partial charge in [0.15, 0.2) is 0 Å². The Morgan fingerprint density at radius 2 is 1.96 bits per heavy atom. The maximum atomic E-state index is 12.2. The minimum atomic E-state index is -0.536. The maximum Gasteiger partial charge on any atom is 0.325 e. The molecule has 8 heteroatoms. The number of imide groups is 1. The molecule has 0 unspecified atom stereocenters. The Hall–Kier alpha value is -2.61. The molecule has 2 saturated heterocycles. The van der Waals surface area contributed by atoms with Gasteiger partial charge in [-0.25, -0.2) is 4.79 Å². The molecule has 2 heterocycles. The summed E-state index contributed by atoms with van der Waals surface area (Å²) in [5, 5.41) is 5.17. The van der Waals surface area contributed by atoms with Gasteiger partial charge in [-0.3, -0.25) is 14.5 Å². The molecule has 4 amide bonds. The van der Waals surface area contributed by atoms with E-state index in [9.17, 15) is 14.4 Å². The van der Waals surface area contributed by atoms with Crippen molar-refractivity contribution in [1.29, 1.82) is 0 Å². The number of carbonyl (C=O) groups is 3. The number of hydrogen-bond donors (Lipinski definition) is 2. The lowest BCUT2D eigenvalue weighted by molar-refractivity contribution is -0.128. The lowest BCUT2D eigenvalue weighted by atomic mass is 10.2. The molecule has 8 nitrogen and oxygen atoms in total. The summed E-state index contributed by atoms with van der Waals surface area (Å²) in [6.45, 7) is 2.44. The third-order valence-corrected chi connectivity index (χ3v) is 3.77. The number of benzene rings is 1. The first-order valence-corrected chi connectivity index (χ1v) is 7.45. The second-order valence-corrected chi connectivity index (χ2v) is 5.30. The van der Waals surface area contributed by atoms with Crippen LogP contribution >= 0.6 is 0 Å². The van der Waals surface area contributed by atoms with Crippen molar-refractivity contribution < 1.29 is 19.1 Å². The van der Waals surface area contributed by atoms with Gasteiger partial charge in [0.25, 0.3) is 5.91 Å². The SMILES string of the molecule is O=C(CN1C(=O)CNC1=O)Nc1ccccc1N1CCOCC1. The van der Waals surface area contributed by atoms with Crippen LogP contribution in [-0.4, -0.2) is 62.1 Å². The first-order chi connectivity index (χ1) is 11.1. The van der Waals surface area contributed by atoms with E-state index in [2.05, 4.69) is 15.5 Å². The Kier molecular flexibility index (Phi) is 4.42. The molecule has 0 atom stereocenters. The lowest BCUT2D eigenvalue weighted by Crippen LogP contribution is -2.39. The highest BCUT2D eigenvalue weighted by molar-refractivity contribution is 6.06. The predicted molar refractivity (Wildman–Crippen MR) is 83.2 cm³/mol. The van der Waals surface area contributed by atoms with E-state index in [0.717, 1.165) is 23.7 Å². The van der Waals surface area contributed by atoms with Crippen molar-refractivity contribution in [2.24, 2.45) is 0 Å². The standard InChI is InChI=1S/C15H18N4O4/c20-13(10-19-14(21)9-16-15(19)22)17-11-3-1-2-4-12(11)18-5-7-23-8-6-18/h1-4H,5-10H2,(H,16,22)(H,17,20). The molecule has 0 radical (unpaired) electrons. The van der Waals surface area contributed by atoms with E-state index < -0.39 is 17.8 Å². The van der Waals surface area contributed by atoms with Gasteiger partial charge in [0.2, 0.25) is 5.91 Å². The number of nitrogens with zero attached hydrogens (tertiary/aromatic N) is 2. The molecule has 0 aromatic heterocycles. The van der Waals surface area contributed by atoms with Crippen molar-refractivity contribution in [3.63, 3.8) is 0 Å². The normalized spacial score (nSPS) is 18.1. The van der Waals surface area contributed by atoms with E-state index in [0.29, 0.717) is 18.9 Å². The van der Waals surface area contributed by atoms with Crippen molar-refractivity contribution in [3.8, 4) is 0 Å². The van der Waals surface area contributed by atoms with Crippen molar-refractivity contribution in [2.45, 2.75) is 0 Å². The minimum Gasteiger partial charge on any atom is -0.378 e. The molecule has 2 aliphatic heterocycles. The second kappa shape index (κ2) is 6.66. The van der Waals surface area contributed by atoms with E-state index >= 15 is 0 Å². The number of amides is 4. The largest absolute Gasteiger partial charge is 0.378 e. The molecule has 2 aliphatic rings. The summed E-state index contributed by atoms with van der Waals surface area (Å²) in [5.74, 6) is -0.803. The van der Waals surface area contributed by atoms with Crippen LogP contribution in [0.15, 0.2) is 24.3 Å². The summed E-state index contributed by atoms with van der Waals surface area (Å²) in [4.78, 5) is 38.2. The summed E-state index contributed by atoms with van der Waals surface area (Å²) in [7, 11) is 0. The highest BCUT2D eigenvalue weighted by Crippen LogP contribution is 2.26. The molecule has 122 valence electrons. The first kappa shape index (κ1) is 15.3. The van der Waals surface area contributed by atoms with E-state index in [1.807, 2.05) is 18.2 Å². The number of hydrogen-bond acceptors (Lipinski definition) is 5. The highest BCUT2D eigenvalue weighted by Gasteiger charge is 2.30. The van der Waals surface area contributed by atoms with Crippen LogP contribution < -0.4 is 15.5 Å². The molecule has 0 bridgehead atoms. The number of para-hydroxylation sites is 2. The fourth-order valence-electron chi connectivity index (χ4n) is 2.61. The molecule has 0 spiro atoms. The number of anilines is 2.